The fraction of sp³-hybridized carbons (Fsp3) is 0.0625. The zero-order chi connectivity index (χ0) is 13.1. The summed E-state index contributed by atoms with van der Waals surface area (Å²) < 4.78 is 5.89. The van der Waals surface area contributed by atoms with Crippen LogP contribution >= 0.6 is 0 Å². The largest absolute Gasteiger partial charge is 0.457 e. The third-order valence-corrected chi connectivity index (χ3v) is 3.00. The lowest BCUT2D eigenvalue weighted by molar-refractivity contribution is 0.477. The lowest BCUT2D eigenvalue weighted by Gasteiger charge is -2.10. The van der Waals surface area contributed by atoms with Crippen LogP contribution in [0.25, 0.3) is 10.9 Å². The molecule has 0 unspecified atom stereocenters. The summed E-state index contributed by atoms with van der Waals surface area (Å²) in [4.78, 5) is 4.32. The Bertz CT molecular complexity index is 710. The highest BCUT2D eigenvalue weighted by Gasteiger charge is 2.03. The summed E-state index contributed by atoms with van der Waals surface area (Å²) in [5, 5.41) is 1.10. The minimum Gasteiger partial charge on any atom is -0.457 e. The van der Waals surface area contributed by atoms with Crippen LogP contribution in [-0.4, -0.2) is 4.98 Å². The smallest absolute Gasteiger partial charge is 0.131 e. The fourth-order valence-corrected chi connectivity index (χ4v) is 2.01. The number of rotatable bonds is 3. The first kappa shape index (κ1) is 11.7. The number of para-hydroxylation sites is 1. The van der Waals surface area contributed by atoms with Crippen LogP contribution < -0.4 is 10.5 Å². The van der Waals surface area contributed by atoms with Gasteiger partial charge in [-0.05, 0) is 24.3 Å². The number of pyridine rings is 1. The van der Waals surface area contributed by atoms with Crippen molar-refractivity contribution in [1.82, 2.24) is 4.98 Å². The van der Waals surface area contributed by atoms with Crippen LogP contribution in [0, 0.1) is 0 Å². The number of hydrogen-bond donors (Lipinski definition) is 1. The third-order valence-electron chi connectivity index (χ3n) is 3.00. The SMILES string of the molecule is NCc1ccccc1Oc1ccc2cccnc2c1. The second kappa shape index (κ2) is 5.08. The van der Waals surface area contributed by atoms with Crippen molar-refractivity contribution in [2.24, 2.45) is 5.73 Å². The van der Waals surface area contributed by atoms with Crippen LogP contribution in [0.2, 0.25) is 0 Å². The molecule has 0 atom stereocenters. The number of fused-ring (bicyclic) bond motifs is 1. The molecule has 3 aromatic rings. The Morgan fingerprint density at radius 1 is 1.00 bits per heavy atom. The van der Waals surface area contributed by atoms with Crippen LogP contribution in [-0.2, 0) is 6.54 Å². The molecule has 3 rings (SSSR count). The second-order valence-electron chi connectivity index (χ2n) is 4.27. The number of nitrogens with two attached hydrogens (primary N) is 1. The van der Waals surface area contributed by atoms with Crippen molar-refractivity contribution >= 4 is 10.9 Å². The van der Waals surface area contributed by atoms with Gasteiger partial charge in [0.05, 0.1) is 5.52 Å². The van der Waals surface area contributed by atoms with E-state index in [1.807, 2.05) is 54.6 Å². The molecular formula is C16H14N2O. The Morgan fingerprint density at radius 3 is 2.79 bits per heavy atom. The van der Waals surface area contributed by atoms with Gasteiger partial charge in [0.25, 0.3) is 0 Å². The van der Waals surface area contributed by atoms with Crippen LogP contribution in [0.1, 0.15) is 5.56 Å². The van der Waals surface area contributed by atoms with E-state index < -0.39 is 0 Å². The molecule has 19 heavy (non-hydrogen) atoms. The molecule has 2 N–H and O–H groups in total. The highest BCUT2D eigenvalue weighted by molar-refractivity contribution is 5.79. The van der Waals surface area contributed by atoms with Crippen molar-refractivity contribution in [3.63, 3.8) is 0 Å². The molecular weight excluding hydrogens is 236 g/mol. The Kier molecular flexibility index (Phi) is 3.12. The van der Waals surface area contributed by atoms with Crippen molar-refractivity contribution in [3.05, 3.63) is 66.4 Å². The van der Waals surface area contributed by atoms with E-state index in [1.165, 1.54) is 0 Å². The number of hydrogen-bond acceptors (Lipinski definition) is 3. The van der Waals surface area contributed by atoms with Crippen molar-refractivity contribution in [3.8, 4) is 11.5 Å². The first-order chi connectivity index (χ1) is 9.36. The average Bonchev–Trinajstić information content (AvgIpc) is 2.48. The number of nitrogens with zero attached hydrogens (tertiary/aromatic N) is 1. The van der Waals surface area contributed by atoms with E-state index in [9.17, 15) is 0 Å². The van der Waals surface area contributed by atoms with Gasteiger partial charge in [0.15, 0.2) is 0 Å². The van der Waals surface area contributed by atoms with Crippen molar-refractivity contribution in [2.75, 3.05) is 0 Å². The summed E-state index contributed by atoms with van der Waals surface area (Å²) in [5.74, 6) is 1.56. The van der Waals surface area contributed by atoms with Gasteiger partial charge >= 0.3 is 0 Å². The molecule has 0 aliphatic rings. The van der Waals surface area contributed by atoms with E-state index in [0.717, 1.165) is 28.0 Å². The molecule has 1 heterocycles. The molecule has 0 aliphatic heterocycles. The number of benzene rings is 2. The molecule has 3 heteroatoms. The minimum atomic E-state index is 0.460. The van der Waals surface area contributed by atoms with Gasteiger partial charge in [0.2, 0.25) is 0 Å². The Morgan fingerprint density at radius 2 is 1.89 bits per heavy atom. The summed E-state index contributed by atoms with van der Waals surface area (Å²) in [6.45, 7) is 0.460. The van der Waals surface area contributed by atoms with Crippen LogP contribution in [0.4, 0.5) is 0 Å². The zero-order valence-corrected chi connectivity index (χ0v) is 10.4. The first-order valence-electron chi connectivity index (χ1n) is 6.17. The monoisotopic (exact) mass is 250 g/mol. The van der Waals surface area contributed by atoms with E-state index in [0.29, 0.717) is 6.54 Å². The van der Waals surface area contributed by atoms with Crippen LogP contribution in [0.5, 0.6) is 11.5 Å². The van der Waals surface area contributed by atoms with Gasteiger partial charge < -0.3 is 10.5 Å². The topological polar surface area (TPSA) is 48.1 Å². The highest BCUT2D eigenvalue weighted by atomic mass is 16.5. The van der Waals surface area contributed by atoms with Gasteiger partial charge in [0, 0.05) is 29.8 Å². The van der Waals surface area contributed by atoms with Crippen LogP contribution in [0.15, 0.2) is 60.8 Å². The lowest BCUT2D eigenvalue weighted by atomic mass is 10.2. The molecule has 0 amide bonds. The molecule has 0 bridgehead atoms. The molecule has 0 saturated heterocycles. The van der Waals surface area contributed by atoms with E-state index in [-0.39, 0.29) is 0 Å². The van der Waals surface area contributed by atoms with E-state index in [1.54, 1.807) is 6.20 Å². The van der Waals surface area contributed by atoms with Crippen molar-refractivity contribution < 1.29 is 4.74 Å². The molecule has 0 spiro atoms. The van der Waals surface area contributed by atoms with E-state index >= 15 is 0 Å². The van der Waals surface area contributed by atoms with E-state index in [4.69, 9.17) is 10.5 Å². The van der Waals surface area contributed by atoms with Gasteiger partial charge in [-0.15, -0.1) is 0 Å². The van der Waals surface area contributed by atoms with Gasteiger partial charge in [-0.25, -0.2) is 0 Å². The maximum atomic E-state index is 5.89. The summed E-state index contributed by atoms with van der Waals surface area (Å²) in [5.41, 5.74) is 7.61. The van der Waals surface area contributed by atoms with Gasteiger partial charge in [-0.1, -0.05) is 24.3 Å². The summed E-state index contributed by atoms with van der Waals surface area (Å²) in [7, 11) is 0. The molecule has 3 nitrogen and oxygen atoms in total. The maximum absolute atomic E-state index is 5.89. The summed E-state index contributed by atoms with van der Waals surface area (Å²) in [6.07, 6.45) is 1.78. The zero-order valence-electron chi connectivity index (χ0n) is 10.4. The quantitative estimate of drug-likeness (QED) is 0.774. The molecule has 0 fully saturated rings. The Hall–Kier alpha value is -2.39. The predicted octanol–water partition coefficient (Wildman–Crippen LogP) is 3.49. The summed E-state index contributed by atoms with van der Waals surface area (Å²) >= 11 is 0. The maximum Gasteiger partial charge on any atom is 0.131 e. The fourth-order valence-electron chi connectivity index (χ4n) is 2.01. The summed E-state index contributed by atoms with van der Waals surface area (Å²) in [6, 6.07) is 17.6. The second-order valence-corrected chi connectivity index (χ2v) is 4.27. The Labute approximate surface area is 111 Å². The third kappa shape index (κ3) is 2.41. The Balaban J connectivity index is 1.96. The van der Waals surface area contributed by atoms with Crippen molar-refractivity contribution in [2.45, 2.75) is 6.54 Å². The van der Waals surface area contributed by atoms with Crippen LogP contribution in [0.3, 0.4) is 0 Å². The molecule has 0 aliphatic carbocycles. The molecule has 0 radical (unpaired) electrons. The average molecular weight is 250 g/mol. The highest BCUT2D eigenvalue weighted by Crippen LogP contribution is 2.27. The molecule has 1 aromatic heterocycles. The van der Waals surface area contributed by atoms with Gasteiger partial charge in [-0.3, -0.25) is 4.98 Å². The molecule has 2 aromatic carbocycles. The predicted molar refractivity (Wildman–Crippen MR) is 76.2 cm³/mol. The normalized spacial score (nSPS) is 10.6. The minimum absolute atomic E-state index is 0.460. The number of ether oxygens (including phenoxy) is 1. The lowest BCUT2D eigenvalue weighted by Crippen LogP contribution is -1.99. The van der Waals surface area contributed by atoms with Gasteiger partial charge in [0.1, 0.15) is 11.5 Å². The standard InChI is InChI=1S/C16H14N2O/c17-11-13-4-1-2-6-16(13)19-14-8-7-12-5-3-9-18-15(12)10-14/h1-10H,11,17H2. The van der Waals surface area contributed by atoms with E-state index in [2.05, 4.69) is 4.98 Å². The number of aromatic nitrogens is 1. The first-order valence-corrected chi connectivity index (χ1v) is 6.17. The molecule has 94 valence electrons. The van der Waals surface area contributed by atoms with Crippen molar-refractivity contribution in [1.29, 1.82) is 0 Å². The van der Waals surface area contributed by atoms with Gasteiger partial charge in [-0.2, -0.15) is 0 Å². The molecule has 0 saturated carbocycles.